The second-order valence-electron chi connectivity index (χ2n) is 6.33. The first kappa shape index (κ1) is 14.3. The highest BCUT2D eigenvalue weighted by molar-refractivity contribution is 7.86. The number of rotatable bonds is 1. The standard InChI is InChI=1S/C20H13O5P/c21-26(12-4-2-1-3-5-12)15-8-6-13-19(24-10-22-13)17(15)18-16(26)9-7-14-20(18)25-11-23-14/h1-9H,10-11H2. The van der Waals surface area contributed by atoms with E-state index in [9.17, 15) is 4.57 Å². The Balaban J connectivity index is 1.78. The summed E-state index contributed by atoms with van der Waals surface area (Å²) in [4.78, 5) is 0. The Morgan fingerprint density at radius 3 is 1.73 bits per heavy atom. The Bertz CT molecular complexity index is 1060. The van der Waals surface area contributed by atoms with E-state index in [0.29, 0.717) is 23.0 Å². The van der Waals surface area contributed by atoms with Crippen molar-refractivity contribution in [3.8, 4) is 34.1 Å². The predicted molar refractivity (Wildman–Crippen MR) is 97.1 cm³/mol. The van der Waals surface area contributed by atoms with Gasteiger partial charge in [0.25, 0.3) is 0 Å². The van der Waals surface area contributed by atoms with E-state index < -0.39 is 7.14 Å². The molecule has 3 aliphatic heterocycles. The molecule has 26 heavy (non-hydrogen) atoms. The van der Waals surface area contributed by atoms with Crippen molar-refractivity contribution in [2.45, 2.75) is 0 Å². The lowest BCUT2D eigenvalue weighted by atomic mass is 10.0. The minimum absolute atomic E-state index is 0.156. The number of ether oxygens (including phenoxy) is 4. The molecule has 6 rings (SSSR count). The van der Waals surface area contributed by atoms with Gasteiger partial charge in [0, 0.05) is 27.0 Å². The molecule has 3 aromatic rings. The van der Waals surface area contributed by atoms with Crippen molar-refractivity contribution in [1.82, 2.24) is 0 Å². The monoisotopic (exact) mass is 364 g/mol. The summed E-state index contributed by atoms with van der Waals surface area (Å²) in [5.74, 6) is 2.57. The summed E-state index contributed by atoms with van der Waals surface area (Å²) in [6.45, 7) is 0.312. The van der Waals surface area contributed by atoms with Crippen molar-refractivity contribution >= 4 is 23.1 Å². The maximum absolute atomic E-state index is 14.5. The molecule has 3 heterocycles. The van der Waals surface area contributed by atoms with Gasteiger partial charge in [0.1, 0.15) is 0 Å². The molecule has 0 N–H and O–H groups in total. The lowest BCUT2D eigenvalue weighted by Gasteiger charge is -2.15. The van der Waals surface area contributed by atoms with Crippen LogP contribution in [0.3, 0.4) is 0 Å². The Kier molecular flexibility index (Phi) is 2.65. The predicted octanol–water partition coefficient (Wildman–Crippen LogP) is 2.76. The van der Waals surface area contributed by atoms with Crippen LogP contribution in [0, 0.1) is 0 Å². The highest BCUT2D eigenvalue weighted by atomic mass is 31.2. The normalized spacial score (nSPS) is 17.1. The van der Waals surface area contributed by atoms with E-state index in [1.165, 1.54) is 0 Å². The van der Waals surface area contributed by atoms with Gasteiger partial charge in [-0.3, -0.25) is 0 Å². The molecular weight excluding hydrogens is 351 g/mol. The maximum atomic E-state index is 14.5. The molecule has 0 bridgehead atoms. The van der Waals surface area contributed by atoms with Crippen LogP contribution in [-0.2, 0) is 4.57 Å². The number of benzene rings is 3. The molecule has 128 valence electrons. The largest absolute Gasteiger partial charge is 0.454 e. The van der Waals surface area contributed by atoms with Gasteiger partial charge in [-0.1, -0.05) is 30.3 Å². The lowest BCUT2D eigenvalue weighted by Crippen LogP contribution is -2.20. The number of fused-ring (bicyclic) bond motifs is 7. The molecule has 0 saturated carbocycles. The van der Waals surface area contributed by atoms with Crippen LogP contribution < -0.4 is 34.9 Å². The van der Waals surface area contributed by atoms with E-state index in [1.54, 1.807) is 0 Å². The van der Waals surface area contributed by atoms with Crippen molar-refractivity contribution in [3.63, 3.8) is 0 Å². The molecular formula is C20H13O5P. The Labute approximate surface area is 149 Å². The van der Waals surface area contributed by atoms with E-state index in [1.807, 2.05) is 54.6 Å². The van der Waals surface area contributed by atoms with Gasteiger partial charge in [-0.2, -0.15) is 0 Å². The van der Waals surface area contributed by atoms with E-state index in [4.69, 9.17) is 18.9 Å². The third-order valence-corrected chi connectivity index (χ3v) is 8.21. The van der Waals surface area contributed by atoms with Gasteiger partial charge in [-0.15, -0.1) is 0 Å². The van der Waals surface area contributed by atoms with Crippen LogP contribution in [-0.4, -0.2) is 13.6 Å². The van der Waals surface area contributed by atoms with Crippen LogP contribution in [0.15, 0.2) is 54.6 Å². The van der Waals surface area contributed by atoms with Crippen LogP contribution in [0.1, 0.15) is 0 Å². The smallest absolute Gasteiger partial charge is 0.231 e. The zero-order chi connectivity index (χ0) is 17.3. The summed E-state index contributed by atoms with van der Waals surface area (Å²) >= 11 is 0. The fourth-order valence-corrected chi connectivity index (χ4v) is 7.01. The average Bonchev–Trinajstić information content (AvgIpc) is 3.39. The summed E-state index contributed by atoms with van der Waals surface area (Å²) in [6.07, 6.45) is 0. The van der Waals surface area contributed by atoms with E-state index in [-0.39, 0.29) is 13.6 Å². The Morgan fingerprint density at radius 1 is 0.654 bits per heavy atom. The molecule has 3 aliphatic rings. The Hall–Kier alpha value is -2.91. The first-order chi connectivity index (χ1) is 12.8. The van der Waals surface area contributed by atoms with Crippen LogP contribution in [0.4, 0.5) is 0 Å². The molecule has 0 aromatic heterocycles. The summed E-state index contributed by atoms with van der Waals surface area (Å²) in [6, 6.07) is 17.0. The van der Waals surface area contributed by atoms with Gasteiger partial charge in [-0.25, -0.2) is 0 Å². The third-order valence-electron chi connectivity index (χ3n) is 5.08. The summed E-state index contributed by atoms with van der Waals surface area (Å²) < 4.78 is 37.1. The van der Waals surface area contributed by atoms with Gasteiger partial charge in [0.15, 0.2) is 30.1 Å². The fourth-order valence-electron chi connectivity index (χ4n) is 3.98. The first-order valence-corrected chi connectivity index (χ1v) is 10.0. The van der Waals surface area contributed by atoms with Gasteiger partial charge < -0.3 is 23.5 Å². The van der Waals surface area contributed by atoms with E-state index in [2.05, 4.69) is 0 Å². The van der Waals surface area contributed by atoms with E-state index >= 15 is 0 Å². The average molecular weight is 364 g/mol. The van der Waals surface area contributed by atoms with Crippen LogP contribution in [0.2, 0.25) is 0 Å². The molecule has 3 aromatic carbocycles. The molecule has 0 fully saturated rings. The first-order valence-electron chi connectivity index (χ1n) is 8.31. The summed E-state index contributed by atoms with van der Waals surface area (Å²) in [7, 11) is -3.04. The molecule has 6 heteroatoms. The highest BCUT2D eigenvalue weighted by Crippen LogP contribution is 2.60. The highest BCUT2D eigenvalue weighted by Gasteiger charge is 2.46. The van der Waals surface area contributed by atoms with Gasteiger partial charge in [0.2, 0.25) is 13.6 Å². The lowest BCUT2D eigenvalue weighted by molar-refractivity contribution is 0.173. The second-order valence-corrected chi connectivity index (χ2v) is 9.03. The number of hydrogen-bond donors (Lipinski definition) is 0. The van der Waals surface area contributed by atoms with Crippen molar-refractivity contribution in [1.29, 1.82) is 0 Å². The fraction of sp³-hybridized carbons (Fsp3) is 0.100. The quantitative estimate of drug-likeness (QED) is 0.486. The van der Waals surface area contributed by atoms with Crippen molar-refractivity contribution in [2.75, 3.05) is 13.6 Å². The zero-order valence-electron chi connectivity index (χ0n) is 13.6. The Morgan fingerprint density at radius 2 is 1.19 bits per heavy atom. The molecule has 0 radical (unpaired) electrons. The topological polar surface area (TPSA) is 54.0 Å². The van der Waals surface area contributed by atoms with Crippen LogP contribution >= 0.6 is 7.14 Å². The SMILES string of the molecule is O=P1(c2ccccc2)c2ccc3c(c2-c2c1ccc1c2OCO1)OCO3. The third kappa shape index (κ3) is 1.59. The molecule has 0 unspecified atom stereocenters. The molecule has 0 aliphatic carbocycles. The minimum Gasteiger partial charge on any atom is -0.454 e. The van der Waals surface area contributed by atoms with Crippen molar-refractivity contribution < 1.29 is 23.5 Å². The van der Waals surface area contributed by atoms with Gasteiger partial charge >= 0.3 is 0 Å². The molecule has 0 amide bonds. The minimum atomic E-state index is -3.04. The second kappa shape index (κ2) is 4.83. The molecule has 0 saturated heterocycles. The summed E-state index contributed by atoms with van der Waals surface area (Å²) in [5.41, 5.74) is 1.59. The molecule has 5 nitrogen and oxygen atoms in total. The molecule has 0 atom stereocenters. The molecule has 0 spiro atoms. The number of hydrogen-bond acceptors (Lipinski definition) is 5. The van der Waals surface area contributed by atoms with Gasteiger partial charge in [0.05, 0.1) is 0 Å². The zero-order valence-corrected chi connectivity index (χ0v) is 14.5. The maximum Gasteiger partial charge on any atom is 0.231 e. The van der Waals surface area contributed by atoms with Gasteiger partial charge in [-0.05, 0) is 24.3 Å². The van der Waals surface area contributed by atoms with Crippen molar-refractivity contribution in [3.05, 3.63) is 54.6 Å². The summed E-state index contributed by atoms with van der Waals surface area (Å²) in [5, 5.41) is 2.30. The van der Waals surface area contributed by atoms with Crippen LogP contribution in [0.25, 0.3) is 11.1 Å². The van der Waals surface area contributed by atoms with Crippen LogP contribution in [0.5, 0.6) is 23.0 Å². The van der Waals surface area contributed by atoms with E-state index in [0.717, 1.165) is 27.0 Å². The van der Waals surface area contributed by atoms with Crippen molar-refractivity contribution in [2.24, 2.45) is 0 Å².